The zero-order chi connectivity index (χ0) is 22.2. The lowest BCUT2D eigenvalue weighted by atomic mass is 9.94. The highest BCUT2D eigenvalue weighted by molar-refractivity contribution is 5.95. The number of rotatable bonds is 8. The second-order valence-electron chi connectivity index (χ2n) is 8.11. The molecule has 1 aliphatic heterocycles. The normalized spacial score (nSPS) is 19.2. The van der Waals surface area contributed by atoms with E-state index in [1.165, 1.54) is 6.42 Å². The van der Waals surface area contributed by atoms with Crippen LogP contribution in [0.25, 0.3) is 0 Å². The summed E-state index contributed by atoms with van der Waals surface area (Å²) in [5.74, 6) is -1.94. The molecule has 2 fully saturated rings. The number of hydrogen-bond acceptors (Lipinski definition) is 6. The van der Waals surface area contributed by atoms with Crippen LogP contribution < -0.4 is 5.32 Å². The Labute approximate surface area is 182 Å². The molecule has 0 aromatic heterocycles. The first kappa shape index (κ1) is 22.8. The van der Waals surface area contributed by atoms with E-state index >= 15 is 0 Å². The van der Waals surface area contributed by atoms with Gasteiger partial charge in [0.15, 0.2) is 6.61 Å². The van der Waals surface area contributed by atoms with E-state index in [0.717, 1.165) is 32.1 Å². The van der Waals surface area contributed by atoms with Gasteiger partial charge in [-0.3, -0.25) is 14.4 Å². The van der Waals surface area contributed by atoms with Gasteiger partial charge in [-0.25, -0.2) is 4.79 Å². The van der Waals surface area contributed by atoms with Crippen LogP contribution in [0.1, 0.15) is 62.2 Å². The minimum absolute atomic E-state index is 0.00384. The van der Waals surface area contributed by atoms with Gasteiger partial charge in [-0.05, 0) is 43.5 Å². The number of likely N-dealkylation sites (tertiary alicyclic amines) is 1. The zero-order valence-corrected chi connectivity index (χ0v) is 17.9. The number of anilines is 1. The van der Waals surface area contributed by atoms with Crippen LogP contribution >= 0.6 is 0 Å². The quantitative estimate of drug-likeness (QED) is 0.636. The number of carbonyl (C=O) groups is 4. The van der Waals surface area contributed by atoms with Gasteiger partial charge in [0.2, 0.25) is 5.91 Å². The molecule has 0 radical (unpaired) electrons. The topological polar surface area (TPSA) is 102 Å². The van der Waals surface area contributed by atoms with Gasteiger partial charge in [0.1, 0.15) is 0 Å². The molecule has 1 N–H and O–H groups in total. The summed E-state index contributed by atoms with van der Waals surface area (Å²) in [5.41, 5.74) is 0.874. The van der Waals surface area contributed by atoms with Gasteiger partial charge in [-0.2, -0.15) is 0 Å². The molecule has 3 rings (SSSR count). The van der Waals surface area contributed by atoms with Crippen molar-refractivity contribution < 1.29 is 28.7 Å². The van der Waals surface area contributed by atoms with Crippen molar-refractivity contribution in [2.24, 2.45) is 5.92 Å². The third-order valence-electron chi connectivity index (χ3n) is 5.69. The summed E-state index contributed by atoms with van der Waals surface area (Å²) in [6, 6.07) is 6.51. The second kappa shape index (κ2) is 10.9. The van der Waals surface area contributed by atoms with Crippen molar-refractivity contribution >= 4 is 29.4 Å². The minimum Gasteiger partial charge on any atom is -0.462 e. The molecule has 168 valence electrons. The van der Waals surface area contributed by atoms with Crippen LogP contribution in [0.4, 0.5) is 5.69 Å². The molecule has 1 atom stereocenters. The van der Waals surface area contributed by atoms with Gasteiger partial charge in [0, 0.05) is 24.7 Å². The maximum atomic E-state index is 12.3. The second-order valence-corrected chi connectivity index (χ2v) is 8.11. The number of ether oxygens (including phenoxy) is 2. The van der Waals surface area contributed by atoms with E-state index in [-0.39, 0.29) is 18.4 Å². The van der Waals surface area contributed by atoms with Crippen molar-refractivity contribution in [2.75, 3.05) is 25.1 Å². The Kier molecular flexibility index (Phi) is 8.03. The third kappa shape index (κ3) is 6.29. The summed E-state index contributed by atoms with van der Waals surface area (Å²) in [7, 11) is 0. The van der Waals surface area contributed by atoms with E-state index in [0.29, 0.717) is 24.4 Å². The van der Waals surface area contributed by atoms with Gasteiger partial charge in [0.05, 0.1) is 18.1 Å². The number of esters is 2. The van der Waals surface area contributed by atoms with Crippen LogP contribution in [0.2, 0.25) is 0 Å². The molecule has 8 heteroatoms. The molecular weight excluding hydrogens is 400 g/mol. The number of carbonyl (C=O) groups excluding carboxylic acids is 4. The summed E-state index contributed by atoms with van der Waals surface area (Å²) in [6.45, 7) is 2.22. The van der Waals surface area contributed by atoms with E-state index in [1.54, 1.807) is 24.3 Å². The molecule has 1 aromatic carbocycles. The Balaban J connectivity index is 1.42. The molecular formula is C23H30N2O6. The maximum Gasteiger partial charge on any atom is 0.338 e. The predicted molar refractivity (Wildman–Crippen MR) is 113 cm³/mol. The van der Waals surface area contributed by atoms with E-state index in [9.17, 15) is 19.2 Å². The standard InChI is InChI=1S/C23H30N2O6/c1-2-12-30-22(28)16-8-10-18(11-9-16)24-20(26)15-31-23(29)17-13-21(27)25(14-17)19-6-4-3-5-7-19/h8-11,17,19H,2-7,12-15H2,1H3,(H,24,26)/t17-/m0/s1. The largest absolute Gasteiger partial charge is 0.462 e. The monoisotopic (exact) mass is 430 g/mol. The van der Waals surface area contributed by atoms with Crippen LogP contribution in [0.5, 0.6) is 0 Å². The van der Waals surface area contributed by atoms with Crippen molar-refractivity contribution in [3.63, 3.8) is 0 Å². The van der Waals surface area contributed by atoms with E-state index in [1.807, 2.05) is 11.8 Å². The van der Waals surface area contributed by atoms with Gasteiger partial charge in [-0.15, -0.1) is 0 Å². The SMILES string of the molecule is CCCOC(=O)c1ccc(NC(=O)COC(=O)[C@H]2CC(=O)N(C3CCCCC3)C2)cc1. The number of nitrogens with zero attached hydrogens (tertiary/aromatic N) is 1. The highest BCUT2D eigenvalue weighted by Gasteiger charge is 2.39. The number of nitrogens with one attached hydrogen (secondary N) is 1. The summed E-state index contributed by atoms with van der Waals surface area (Å²) >= 11 is 0. The average molecular weight is 431 g/mol. The summed E-state index contributed by atoms with van der Waals surface area (Å²) in [5, 5.41) is 2.62. The van der Waals surface area contributed by atoms with Crippen molar-refractivity contribution in [3.05, 3.63) is 29.8 Å². The third-order valence-corrected chi connectivity index (χ3v) is 5.69. The molecule has 1 saturated carbocycles. The fraction of sp³-hybridized carbons (Fsp3) is 0.565. The molecule has 31 heavy (non-hydrogen) atoms. The Bertz CT molecular complexity index is 801. The predicted octanol–water partition coefficient (Wildman–Crippen LogP) is 2.92. The lowest BCUT2D eigenvalue weighted by Gasteiger charge is -2.31. The van der Waals surface area contributed by atoms with Gasteiger partial charge in [0.25, 0.3) is 5.91 Å². The van der Waals surface area contributed by atoms with Crippen LogP contribution in [0, 0.1) is 5.92 Å². The molecule has 0 bridgehead atoms. The molecule has 2 aliphatic rings. The van der Waals surface area contributed by atoms with Crippen molar-refractivity contribution in [1.82, 2.24) is 4.90 Å². The Morgan fingerprint density at radius 2 is 1.77 bits per heavy atom. The molecule has 1 aromatic rings. The molecule has 0 spiro atoms. The van der Waals surface area contributed by atoms with Crippen LogP contribution in [-0.4, -0.2) is 54.5 Å². The van der Waals surface area contributed by atoms with Crippen LogP contribution in [-0.2, 0) is 23.9 Å². The zero-order valence-electron chi connectivity index (χ0n) is 17.9. The molecule has 1 saturated heterocycles. The number of amides is 2. The van der Waals surface area contributed by atoms with Crippen LogP contribution in [0.15, 0.2) is 24.3 Å². The first-order chi connectivity index (χ1) is 15.0. The average Bonchev–Trinajstić information content (AvgIpc) is 3.18. The molecule has 1 heterocycles. The lowest BCUT2D eigenvalue weighted by molar-refractivity contribution is -0.151. The van der Waals surface area contributed by atoms with Crippen molar-refractivity contribution in [1.29, 1.82) is 0 Å². The molecule has 1 aliphatic carbocycles. The van der Waals surface area contributed by atoms with Crippen molar-refractivity contribution in [3.8, 4) is 0 Å². The highest BCUT2D eigenvalue weighted by Crippen LogP contribution is 2.29. The van der Waals surface area contributed by atoms with E-state index in [4.69, 9.17) is 9.47 Å². The minimum atomic E-state index is -0.518. The van der Waals surface area contributed by atoms with E-state index in [2.05, 4.69) is 5.32 Å². The Morgan fingerprint density at radius 1 is 1.06 bits per heavy atom. The molecule has 0 unspecified atom stereocenters. The Morgan fingerprint density at radius 3 is 2.45 bits per heavy atom. The smallest absolute Gasteiger partial charge is 0.338 e. The highest BCUT2D eigenvalue weighted by atomic mass is 16.5. The maximum absolute atomic E-state index is 12.3. The fourth-order valence-electron chi connectivity index (χ4n) is 4.05. The lowest BCUT2D eigenvalue weighted by Crippen LogP contribution is -2.38. The number of benzene rings is 1. The Hall–Kier alpha value is -2.90. The van der Waals surface area contributed by atoms with Crippen LogP contribution in [0.3, 0.4) is 0 Å². The molecule has 2 amide bonds. The van der Waals surface area contributed by atoms with Gasteiger partial charge in [-0.1, -0.05) is 26.2 Å². The van der Waals surface area contributed by atoms with Gasteiger partial charge >= 0.3 is 11.9 Å². The first-order valence-corrected chi connectivity index (χ1v) is 11.0. The molecule has 8 nitrogen and oxygen atoms in total. The summed E-state index contributed by atoms with van der Waals surface area (Å²) in [6.07, 6.45) is 6.30. The van der Waals surface area contributed by atoms with Crippen molar-refractivity contribution in [2.45, 2.75) is 57.9 Å². The summed E-state index contributed by atoms with van der Waals surface area (Å²) < 4.78 is 10.2. The van der Waals surface area contributed by atoms with E-state index < -0.39 is 30.4 Å². The first-order valence-electron chi connectivity index (χ1n) is 11.0. The van der Waals surface area contributed by atoms with Gasteiger partial charge < -0.3 is 19.7 Å². The number of hydrogen-bond donors (Lipinski definition) is 1. The summed E-state index contributed by atoms with van der Waals surface area (Å²) in [4.78, 5) is 50.4. The fourth-order valence-corrected chi connectivity index (χ4v) is 4.05.